The van der Waals surface area contributed by atoms with Gasteiger partial charge in [0, 0.05) is 32.1 Å². The molecular weight excluding hydrogens is 282 g/mol. The number of carbonyl (C=O) groups excluding carboxylic acids is 1. The Hall–Kier alpha value is -0.680. The minimum absolute atomic E-state index is 0.278. The molecule has 3 atom stereocenters. The number of rotatable bonds is 5. The number of hydrogen-bond acceptors (Lipinski definition) is 3. The second-order valence-corrected chi connectivity index (χ2v) is 7.75. The van der Waals surface area contributed by atoms with Crippen LogP contribution in [0.1, 0.15) is 44.9 Å². The van der Waals surface area contributed by atoms with E-state index in [4.69, 9.17) is 18.0 Å². The minimum atomic E-state index is 0.278. The largest absolute Gasteiger partial charge is 0.392 e. The van der Waals surface area contributed by atoms with Crippen LogP contribution in [0.3, 0.4) is 0 Å². The molecule has 0 aromatic rings. The summed E-state index contributed by atoms with van der Waals surface area (Å²) in [5.41, 5.74) is 5.58. The highest BCUT2D eigenvalue weighted by atomic mass is 32.1. The molecule has 1 saturated heterocycles. The van der Waals surface area contributed by atoms with E-state index in [0.717, 1.165) is 44.2 Å². The summed E-state index contributed by atoms with van der Waals surface area (Å²) in [6.07, 6.45) is 8.24. The van der Waals surface area contributed by atoms with Crippen LogP contribution in [0.4, 0.5) is 0 Å². The van der Waals surface area contributed by atoms with Crippen LogP contribution in [0.15, 0.2) is 0 Å². The minimum Gasteiger partial charge on any atom is -0.392 e. The van der Waals surface area contributed by atoms with Crippen LogP contribution in [-0.2, 0) is 4.79 Å². The summed E-state index contributed by atoms with van der Waals surface area (Å²) in [5, 5.41) is 3.25. The molecule has 1 amide bonds. The molecule has 0 aromatic heterocycles. The lowest BCUT2D eigenvalue weighted by Crippen LogP contribution is -2.46. The van der Waals surface area contributed by atoms with E-state index in [0.29, 0.717) is 23.5 Å². The lowest BCUT2D eigenvalue weighted by molar-refractivity contribution is -0.123. The van der Waals surface area contributed by atoms with E-state index in [-0.39, 0.29) is 5.91 Å². The van der Waals surface area contributed by atoms with Crippen molar-refractivity contribution in [3.05, 3.63) is 0 Å². The molecule has 3 aliphatic rings. The maximum atomic E-state index is 12.2. The zero-order valence-corrected chi connectivity index (χ0v) is 13.5. The van der Waals surface area contributed by atoms with Crippen LogP contribution in [0.5, 0.6) is 0 Å². The SMILES string of the molecule is NC(=S)CN1CCC(NC(=O)CC2CC3CCC2C3)CC1. The van der Waals surface area contributed by atoms with Crippen molar-refractivity contribution in [2.75, 3.05) is 19.6 Å². The van der Waals surface area contributed by atoms with E-state index < -0.39 is 0 Å². The molecule has 3 N–H and O–H groups in total. The average Bonchev–Trinajstić information content (AvgIpc) is 3.02. The first kappa shape index (κ1) is 15.2. The first-order valence-corrected chi connectivity index (χ1v) is 8.81. The third-order valence-electron chi connectivity index (χ3n) is 5.66. The van der Waals surface area contributed by atoms with E-state index in [1.165, 1.54) is 25.7 Å². The van der Waals surface area contributed by atoms with E-state index in [1.807, 2.05) is 0 Å². The molecule has 21 heavy (non-hydrogen) atoms. The molecule has 4 nitrogen and oxygen atoms in total. The Kier molecular flexibility index (Phi) is 4.79. The Morgan fingerprint density at radius 1 is 1.19 bits per heavy atom. The van der Waals surface area contributed by atoms with Gasteiger partial charge in [0.1, 0.15) is 0 Å². The molecule has 1 aliphatic heterocycles. The van der Waals surface area contributed by atoms with Crippen LogP contribution in [0, 0.1) is 17.8 Å². The summed E-state index contributed by atoms with van der Waals surface area (Å²) >= 11 is 4.95. The van der Waals surface area contributed by atoms with Crippen molar-refractivity contribution in [1.82, 2.24) is 10.2 Å². The highest BCUT2D eigenvalue weighted by molar-refractivity contribution is 7.80. The zero-order valence-electron chi connectivity index (χ0n) is 12.7. The summed E-state index contributed by atoms with van der Waals surface area (Å²) in [6.45, 7) is 2.67. The quantitative estimate of drug-likeness (QED) is 0.759. The summed E-state index contributed by atoms with van der Waals surface area (Å²) in [6, 6.07) is 0.346. The summed E-state index contributed by atoms with van der Waals surface area (Å²) < 4.78 is 0. The van der Waals surface area contributed by atoms with Crippen LogP contribution < -0.4 is 11.1 Å². The lowest BCUT2D eigenvalue weighted by Gasteiger charge is -2.32. The summed E-state index contributed by atoms with van der Waals surface area (Å²) in [7, 11) is 0. The Bertz CT molecular complexity index is 406. The first-order valence-electron chi connectivity index (χ1n) is 8.40. The van der Waals surface area contributed by atoms with Crippen molar-refractivity contribution < 1.29 is 4.79 Å². The first-order chi connectivity index (χ1) is 10.1. The molecule has 3 fully saturated rings. The van der Waals surface area contributed by atoms with Crippen molar-refractivity contribution in [2.45, 2.75) is 51.0 Å². The van der Waals surface area contributed by atoms with E-state index >= 15 is 0 Å². The fourth-order valence-corrected chi connectivity index (χ4v) is 4.79. The van der Waals surface area contributed by atoms with Gasteiger partial charge < -0.3 is 11.1 Å². The molecular formula is C16H27N3OS. The van der Waals surface area contributed by atoms with Gasteiger partial charge in [0.05, 0.1) is 4.99 Å². The monoisotopic (exact) mass is 309 g/mol. The van der Waals surface area contributed by atoms with E-state index in [9.17, 15) is 4.79 Å². The number of fused-ring (bicyclic) bond motifs is 2. The predicted octanol–water partition coefficient (Wildman–Crippen LogP) is 1.68. The second-order valence-electron chi connectivity index (χ2n) is 7.22. The lowest BCUT2D eigenvalue weighted by atomic mass is 9.86. The van der Waals surface area contributed by atoms with Crippen molar-refractivity contribution in [3.63, 3.8) is 0 Å². The Balaban J connectivity index is 1.37. The van der Waals surface area contributed by atoms with Gasteiger partial charge in [-0.1, -0.05) is 18.6 Å². The number of piperidine rings is 1. The van der Waals surface area contributed by atoms with Gasteiger partial charge in [-0.15, -0.1) is 0 Å². The second kappa shape index (κ2) is 6.61. The van der Waals surface area contributed by atoms with Crippen molar-refractivity contribution in [2.24, 2.45) is 23.5 Å². The van der Waals surface area contributed by atoms with Gasteiger partial charge >= 0.3 is 0 Å². The average molecular weight is 309 g/mol. The fraction of sp³-hybridized carbons (Fsp3) is 0.875. The van der Waals surface area contributed by atoms with Crippen molar-refractivity contribution >= 4 is 23.1 Å². The molecule has 3 unspecified atom stereocenters. The fourth-order valence-electron chi connectivity index (χ4n) is 4.61. The summed E-state index contributed by atoms with van der Waals surface area (Å²) in [5.74, 6) is 2.71. The van der Waals surface area contributed by atoms with Crippen LogP contribution in [-0.4, -0.2) is 41.5 Å². The number of thiocarbonyl (C=S) groups is 1. The molecule has 2 bridgehead atoms. The number of amides is 1. The number of nitrogens with one attached hydrogen (secondary N) is 1. The Morgan fingerprint density at radius 2 is 1.95 bits per heavy atom. The topological polar surface area (TPSA) is 58.4 Å². The van der Waals surface area contributed by atoms with E-state index in [2.05, 4.69) is 10.2 Å². The molecule has 0 aromatic carbocycles. The van der Waals surface area contributed by atoms with Crippen LogP contribution in [0.25, 0.3) is 0 Å². The van der Waals surface area contributed by atoms with Gasteiger partial charge in [-0.05, 0) is 49.9 Å². The van der Waals surface area contributed by atoms with Gasteiger partial charge in [0.15, 0.2) is 0 Å². The van der Waals surface area contributed by atoms with Crippen molar-refractivity contribution in [3.8, 4) is 0 Å². The maximum absolute atomic E-state index is 12.2. The van der Waals surface area contributed by atoms with Crippen molar-refractivity contribution in [1.29, 1.82) is 0 Å². The Labute approximate surface area is 132 Å². The molecule has 5 heteroatoms. The third kappa shape index (κ3) is 3.95. The number of nitrogens with two attached hydrogens (primary N) is 1. The number of carbonyl (C=O) groups is 1. The molecule has 118 valence electrons. The highest BCUT2D eigenvalue weighted by Crippen LogP contribution is 2.49. The van der Waals surface area contributed by atoms with Crippen LogP contribution in [0.2, 0.25) is 0 Å². The Morgan fingerprint density at radius 3 is 2.52 bits per heavy atom. The van der Waals surface area contributed by atoms with Gasteiger partial charge in [-0.2, -0.15) is 0 Å². The van der Waals surface area contributed by atoms with Gasteiger partial charge in [-0.25, -0.2) is 0 Å². The molecule has 1 heterocycles. The summed E-state index contributed by atoms with van der Waals surface area (Å²) in [4.78, 5) is 15.1. The molecule has 0 radical (unpaired) electrons. The normalized spacial score (nSPS) is 33.2. The number of nitrogens with zero attached hydrogens (tertiary/aromatic N) is 1. The van der Waals surface area contributed by atoms with Gasteiger partial charge in [0.25, 0.3) is 0 Å². The molecule has 2 saturated carbocycles. The maximum Gasteiger partial charge on any atom is 0.220 e. The third-order valence-corrected chi connectivity index (χ3v) is 5.79. The highest BCUT2D eigenvalue weighted by Gasteiger charge is 2.40. The standard InChI is InChI=1S/C16H27N3OS/c17-15(21)10-19-5-3-14(4-6-19)18-16(20)9-13-8-11-1-2-12(13)7-11/h11-14H,1-10H2,(H2,17,21)(H,18,20). The van der Waals surface area contributed by atoms with Crippen LogP contribution >= 0.6 is 12.2 Å². The van der Waals surface area contributed by atoms with Gasteiger partial charge in [0.2, 0.25) is 5.91 Å². The number of hydrogen-bond donors (Lipinski definition) is 2. The smallest absolute Gasteiger partial charge is 0.220 e. The zero-order chi connectivity index (χ0) is 14.8. The predicted molar refractivity (Wildman–Crippen MR) is 87.9 cm³/mol. The van der Waals surface area contributed by atoms with E-state index in [1.54, 1.807) is 0 Å². The molecule has 3 rings (SSSR count). The molecule has 2 aliphatic carbocycles. The molecule has 0 spiro atoms. The number of likely N-dealkylation sites (tertiary alicyclic amines) is 1. The van der Waals surface area contributed by atoms with Gasteiger partial charge in [-0.3, -0.25) is 9.69 Å².